The number of nitrogens with zero attached hydrogens (tertiary/aromatic N) is 2. The highest BCUT2D eigenvalue weighted by molar-refractivity contribution is 6.04. The minimum Gasteiger partial charge on any atom is -0.327 e. The number of anilines is 2. The summed E-state index contributed by atoms with van der Waals surface area (Å²) in [5.41, 5.74) is 1.31. The molecule has 3 rings (SSSR count). The third-order valence-electron chi connectivity index (χ3n) is 3.99. The van der Waals surface area contributed by atoms with Crippen molar-refractivity contribution in [1.82, 2.24) is 4.90 Å². The summed E-state index contributed by atoms with van der Waals surface area (Å²) in [6.45, 7) is 1.43. The SMILES string of the molecule is CN1CCCN(c2ccc(NC(=O)c3ccccc3F)cc2)C1=O. The Morgan fingerprint density at radius 3 is 2.50 bits per heavy atom. The van der Waals surface area contributed by atoms with Crippen LogP contribution in [0.3, 0.4) is 0 Å². The second kappa shape index (κ2) is 6.70. The number of rotatable bonds is 3. The number of carbonyl (C=O) groups is 2. The lowest BCUT2D eigenvalue weighted by atomic mass is 10.2. The van der Waals surface area contributed by atoms with Crippen LogP contribution in [0.2, 0.25) is 0 Å². The molecular weight excluding hydrogens is 309 g/mol. The van der Waals surface area contributed by atoms with Crippen LogP contribution in [0.25, 0.3) is 0 Å². The van der Waals surface area contributed by atoms with Crippen molar-refractivity contribution in [3.05, 3.63) is 59.9 Å². The van der Waals surface area contributed by atoms with Gasteiger partial charge in [0.2, 0.25) is 0 Å². The van der Waals surface area contributed by atoms with E-state index in [1.54, 1.807) is 47.2 Å². The van der Waals surface area contributed by atoms with E-state index in [9.17, 15) is 14.0 Å². The summed E-state index contributed by atoms with van der Waals surface area (Å²) in [5, 5.41) is 2.66. The first-order valence-electron chi connectivity index (χ1n) is 7.75. The Hall–Kier alpha value is -2.89. The highest BCUT2D eigenvalue weighted by atomic mass is 19.1. The Kier molecular flexibility index (Phi) is 4.46. The van der Waals surface area contributed by atoms with Gasteiger partial charge in [-0.1, -0.05) is 12.1 Å². The van der Waals surface area contributed by atoms with Crippen molar-refractivity contribution in [3.8, 4) is 0 Å². The fourth-order valence-corrected chi connectivity index (χ4v) is 2.67. The smallest absolute Gasteiger partial charge is 0.324 e. The van der Waals surface area contributed by atoms with Crippen LogP contribution >= 0.6 is 0 Å². The van der Waals surface area contributed by atoms with Crippen molar-refractivity contribution in [2.75, 3.05) is 30.4 Å². The predicted molar refractivity (Wildman–Crippen MR) is 90.8 cm³/mol. The molecule has 5 nitrogen and oxygen atoms in total. The number of urea groups is 1. The first kappa shape index (κ1) is 16.0. The molecule has 1 aliphatic rings. The van der Waals surface area contributed by atoms with Gasteiger partial charge in [-0.3, -0.25) is 9.69 Å². The molecule has 0 aromatic heterocycles. The Balaban J connectivity index is 1.72. The Labute approximate surface area is 139 Å². The molecule has 2 aromatic rings. The molecule has 124 valence electrons. The molecule has 1 saturated heterocycles. The standard InChI is InChI=1S/C18H18FN3O2/c1-21-11-4-12-22(18(21)24)14-9-7-13(8-10-14)20-17(23)15-5-2-3-6-16(15)19/h2-3,5-10H,4,11-12H2,1H3,(H,20,23). The van der Waals surface area contributed by atoms with Gasteiger partial charge in [0.1, 0.15) is 5.82 Å². The normalized spacial score (nSPS) is 14.7. The summed E-state index contributed by atoms with van der Waals surface area (Å²) in [4.78, 5) is 27.6. The maximum absolute atomic E-state index is 13.6. The third kappa shape index (κ3) is 3.22. The molecule has 1 fully saturated rings. The molecule has 1 aliphatic heterocycles. The molecule has 0 bridgehead atoms. The van der Waals surface area contributed by atoms with Gasteiger partial charge >= 0.3 is 6.03 Å². The van der Waals surface area contributed by atoms with Crippen LogP contribution < -0.4 is 10.2 Å². The number of hydrogen-bond donors (Lipinski definition) is 1. The molecule has 2 aromatic carbocycles. The lowest BCUT2D eigenvalue weighted by Gasteiger charge is -2.33. The number of nitrogens with one attached hydrogen (secondary N) is 1. The van der Waals surface area contributed by atoms with Crippen LogP contribution in [0, 0.1) is 5.82 Å². The number of hydrogen-bond acceptors (Lipinski definition) is 2. The summed E-state index contributed by atoms with van der Waals surface area (Å²) < 4.78 is 13.6. The lowest BCUT2D eigenvalue weighted by Crippen LogP contribution is -2.47. The average molecular weight is 327 g/mol. The van der Waals surface area contributed by atoms with E-state index in [1.165, 1.54) is 18.2 Å². The van der Waals surface area contributed by atoms with E-state index >= 15 is 0 Å². The van der Waals surface area contributed by atoms with Crippen LogP contribution in [0.15, 0.2) is 48.5 Å². The minimum atomic E-state index is -0.562. The van der Waals surface area contributed by atoms with E-state index in [-0.39, 0.29) is 11.6 Å². The zero-order chi connectivity index (χ0) is 17.1. The Morgan fingerprint density at radius 2 is 1.79 bits per heavy atom. The molecule has 3 amide bonds. The van der Waals surface area contributed by atoms with Crippen LogP contribution in [0.4, 0.5) is 20.6 Å². The van der Waals surface area contributed by atoms with Gasteiger partial charge in [-0.2, -0.15) is 0 Å². The van der Waals surface area contributed by atoms with E-state index in [4.69, 9.17) is 0 Å². The highest BCUT2D eigenvalue weighted by Gasteiger charge is 2.23. The van der Waals surface area contributed by atoms with Crippen LogP contribution in [0.1, 0.15) is 16.8 Å². The lowest BCUT2D eigenvalue weighted by molar-refractivity contribution is 0.102. The minimum absolute atomic E-state index is 0.00518. The maximum Gasteiger partial charge on any atom is 0.324 e. The summed E-state index contributed by atoms with van der Waals surface area (Å²) in [5.74, 6) is -1.07. The number of amides is 3. The molecule has 1 N–H and O–H groups in total. The van der Waals surface area contributed by atoms with Gasteiger partial charge in [-0.25, -0.2) is 9.18 Å². The van der Waals surface area contributed by atoms with Crippen molar-refractivity contribution >= 4 is 23.3 Å². The topological polar surface area (TPSA) is 52.6 Å². The summed E-state index contributed by atoms with van der Waals surface area (Å²) in [6, 6.07) is 12.7. The molecular formula is C18H18FN3O2. The molecule has 0 unspecified atom stereocenters. The van der Waals surface area contributed by atoms with E-state index in [2.05, 4.69) is 5.32 Å². The monoisotopic (exact) mass is 327 g/mol. The van der Waals surface area contributed by atoms with Gasteiger partial charge < -0.3 is 10.2 Å². The van der Waals surface area contributed by atoms with E-state index in [0.29, 0.717) is 12.2 Å². The number of benzene rings is 2. The molecule has 6 heteroatoms. The predicted octanol–water partition coefficient (Wildman–Crippen LogP) is 3.34. The van der Waals surface area contributed by atoms with Gasteiger partial charge in [0.25, 0.3) is 5.91 Å². The molecule has 0 radical (unpaired) electrons. The second-order valence-electron chi connectivity index (χ2n) is 5.69. The van der Waals surface area contributed by atoms with Crippen molar-refractivity contribution < 1.29 is 14.0 Å². The van der Waals surface area contributed by atoms with Gasteiger partial charge in [0.15, 0.2) is 0 Å². The third-order valence-corrected chi connectivity index (χ3v) is 3.99. The first-order chi connectivity index (χ1) is 11.6. The molecule has 0 saturated carbocycles. The van der Waals surface area contributed by atoms with Gasteiger partial charge in [-0.15, -0.1) is 0 Å². The quantitative estimate of drug-likeness (QED) is 0.940. The van der Waals surface area contributed by atoms with E-state index in [0.717, 1.165) is 18.7 Å². The average Bonchev–Trinajstić information content (AvgIpc) is 2.58. The Morgan fingerprint density at radius 1 is 1.08 bits per heavy atom. The molecule has 0 spiro atoms. The number of halogens is 1. The molecule has 0 atom stereocenters. The van der Waals surface area contributed by atoms with Crippen molar-refractivity contribution in [2.24, 2.45) is 0 Å². The zero-order valence-electron chi connectivity index (χ0n) is 13.3. The fourth-order valence-electron chi connectivity index (χ4n) is 2.67. The van der Waals surface area contributed by atoms with Gasteiger partial charge in [0.05, 0.1) is 5.56 Å². The maximum atomic E-state index is 13.6. The fraction of sp³-hybridized carbons (Fsp3) is 0.222. The molecule has 1 heterocycles. The van der Waals surface area contributed by atoms with E-state index in [1.807, 2.05) is 0 Å². The van der Waals surface area contributed by atoms with Crippen LogP contribution in [0.5, 0.6) is 0 Å². The number of carbonyl (C=O) groups excluding carboxylic acids is 2. The zero-order valence-corrected chi connectivity index (χ0v) is 13.3. The second-order valence-corrected chi connectivity index (χ2v) is 5.69. The van der Waals surface area contributed by atoms with Crippen LogP contribution in [-0.4, -0.2) is 37.0 Å². The highest BCUT2D eigenvalue weighted by Crippen LogP contribution is 2.22. The summed E-state index contributed by atoms with van der Waals surface area (Å²) in [6.07, 6.45) is 0.911. The largest absolute Gasteiger partial charge is 0.327 e. The van der Waals surface area contributed by atoms with Crippen molar-refractivity contribution in [2.45, 2.75) is 6.42 Å². The van der Waals surface area contributed by atoms with Crippen LogP contribution in [-0.2, 0) is 0 Å². The van der Waals surface area contributed by atoms with Gasteiger partial charge in [0, 0.05) is 31.5 Å². The van der Waals surface area contributed by atoms with Crippen molar-refractivity contribution in [1.29, 1.82) is 0 Å². The Bertz CT molecular complexity index is 761. The van der Waals surface area contributed by atoms with E-state index < -0.39 is 11.7 Å². The summed E-state index contributed by atoms with van der Waals surface area (Å²) >= 11 is 0. The van der Waals surface area contributed by atoms with Gasteiger partial charge in [-0.05, 0) is 42.8 Å². The molecule has 0 aliphatic carbocycles. The molecule has 24 heavy (non-hydrogen) atoms. The van der Waals surface area contributed by atoms with Crippen molar-refractivity contribution in [3.63, 3.8) is 0 Å². The summed E-state index contributed by atoms with van der Waals surface area (Å²) in [7, 11) is 1.78. The first-order valence-corrected chi connectivity index (χ1v) is 7.75.